The maximum atomic E-state index is 12.8. The van der Waals surface area contributed by atoms with Gasteiger partial charge in [-0.1, -0.05) is 25.4 Å². The molecule has 0 atom stereocenters. The number of nitrogens with zero attached hydrogens (tertiary/aromatic N) is 1. The quantitative estimate of drug-likeness (QED) is 0.699. The Bertz CT molecular complexity index is 833. The number of nitrogens with one attached hydrogen (secondary N) is 1. The lowest BCUT2D eigenvalue weighted by Gasteiger charge is -2.20. The molecule has 1 amide bonds. The predicted octanol–water partition coefficient (Wildman–Crippen LogP) is 2.66. The predicted molar refractivity (Wildman–Crippen MR) is 97.6 cm³/mol. The third-order valence-electron chi connectivity index (χ3n) is 3.63. The molecule has 26 heavy (non-hydrogen) atoms. The molecule has 7 nitrogen and oxygen atoms in total. The minimum Gasteiger partial charge on any atom is -0.482 e. The topological polar surface area (TPSA) is 88.8 Å². The molecule has 1 N–H and O–H groups in total. The van der Waals surface area contributed by atoms with Gasteiger partial charge in [0.15, 0.2) is 6.61 Å². The molecule has 0 unspecified atom stereocenters. The largest absolute Gasteiger partial charge is 0.482 e. The Morgan fingerprint density at radius 2 is 2.00 bits per heavy atom. The first-order chi connectivity index (χ1) is 12.4. The molecule has 0 aliphatic heterocycles. The number of benzene rings is 1. The van der Waals surface area contributed by atoms with Gasteiger partial charge in [0.25, 0.3) is 5.91 Å². The SMILES string of the molecule is CCN(CC)S(=O)(=O)c1cc(Cl)ccc1OCC(=O)NCc1ccco1. The van der Waals surface area contributed by atoms with Crippen LogP contribution in [0.25, 0.3) is 0 Å². The van der Waals surface area contributed by atoms with Crippen molar-refractivity contribution in [2.75, 3.05) is 19.7 Å². The van der Waals surface area contributed by atoms with Gasteiger partial charge in [-0.15, -0.1) is 0 Å². The molecule has 0 saturated carbocycles. The molecule has 1 aromatic heterocycles. The van der Waals surface area contributed by atoms with Crippen LogP contribution in [0.4, 0.5) is 0 Å². The molecule has 0 bridgehead atoms. The molecule has 0 aliphatic carbocycles. The van der Waals surface area contributed by atoms with Crippen LogP contribution in [0.15, 0.2) is 45.9 Å². The van der Waals surface area contributed by atoms with Gasteiger partial charge in [-0.05, 0) is 30.3 Å². The fourth-order valence-electron chi connectivity index (χ4n) is 2.30. The Morgan fingerprint density at radius 3 is 2.62 bits per heavy atom. The van der Waals surface area contributed by atoms with Crippen molar-refractivity contribution in [2.45, 2.75) is 25.3 Å². The first-order valence-electron chi connectivity index (χ1n) is 8.10. The molecule has 1 heterocycles. The number of amides is 1. The van der Waals surface area contributed by atoms with E-state index in [-0.39, 0.29) is 28.8 Å². The Hall–Kier alpha value is -2.03. The number of rotatable bonds is 9. The van der Waals surface area contributed by atoms with E-state index in [1.54, 1.807) is 26.0 Å². The zero-order valence-corrected chi connectivity index (χ0v) is 16.1. The molecule has 2 rings (SSSR count). The fourth-order valence-corrected chi connectivity index (χ4v) is 4.15. The van der Waals surface area contributed by atoms with Gasteiger partial charge in [0.1, 0.15) is 16.4 Å². The van der Waals surface area contributed by atoms with Crippen molar-refractivity contribution in [1.29, 1.82) is 0 Å². The van der Waals surface area contributed by atoms with Crippen molar-refractivity contribution in [3.05, 3.63) is 47.4 Å². The van der Waals surface area contributed by atoms with Crippen molar-refractivity contribution >= 4 is 27.5 Å². The molecule has 0 saturated heterocycles. The summed E-state index contributed by atoms with van der Waals surface area (Å²) in [5.41, 5.74) is 0. The molecule has 0 spiro atoms. The standard InChI is InChI=1S/C17H21ClN2O5S/c1-3-20(4-2)26(22,23)16-10-13(18)7-8-15(16)25-12-17(21)19-11-14-6-5-9-24-14/h5-10H,3-4,11-12H2,1-2H3,(H,19,21). The lowest BCUT2D eigenvalue weighted by Crippen LogP contribution is -2.32. The highest BCUT2D eigenvalue weighted by molar-refractivity contribution is 7.89. The van der Waals surface area contributed by atoms with Crippen molar-refractivity contribution < 1.29 is 22.4 Å². The van der Waals surface area contributed by atoms with E-state index in [4.69, 9.17) is 20.8 Å². The minimum absolute atomic E-state index is 0.0625. The van der Waals surface area contributed by atoms with Crippen molar-refractivity contribution in [3.63, 3.8) is 0 Å². The van der Waals surface area contributed by atoms with Crippen LogP contribution in [-0.2, 0) is 21.4 Å². The third kappa shape index (κ3) is 5.00. The molecule has 2 aromatic rings. The Balaban J connectivity index is 2.10. The number of carbonyl (C=O) groups is 1. The van der Waals surface area contributed by atoms with E-state index >= 15 is 0 Å². The Kier molecular flexibility index (Phi) is 7.07. The van der Waals surface area contributed by atoms with Gasteiger partial charge in [-0.2, -0.15) is 4.31 Å². The van der Waals surface area contributed by atoms with Crippen molar-refractivity contribution in [1.82, 2.24) is 9.62 Å². The van der Waals surface area contributed by atoms with Gasteiger partial charge in [-0.3, -0.25) is 4.79 Å². The second kappa shape index (κ2) is 9.07. The maximum Gasteiger partial charge on any atom is 0.258 e. The van der Waals surface area contributed by atoms with Gasteiger partial charge in [-0.25, -0.2) is 8.42 Å². The number of hydrogen-bond donors (Lipinski definition) is 1. The first kappa shape index (κ1) is 20.3. The molecule has 0 fully saturated rings. The van der Waals surface area contributed by atoms with E-state index in [1.807, 2.05) is 0 Å². The second-order valence-corrected chi connectivity index (χ2v) is 7.67. The van der Waals surface area contributed by atoms with Gasteiger partial charge < -0.3 is 14.5 Å². The van der Waals surface area contributed by atoms with E-state index in [0.717, 1.165) is 0 Å². The number of carbonyl (C=O) groups excluding carboxylic acids is 1. The van der Waals surface area contributed by atoms with E-state index in [9.17, 15) is 13.2 Å². The van der Waals surface area contributed by atoms with Crippen LogP contribution in [-0.4, -0.2) is 38.3 Å². The minimum atomic E-state index is -3.77. The van der Waals surface area contributed by atoms with E-state index in [1.165, 1.54) is 28.8 Å². The van der Waals surface area contributed by atoms with Crippen LogP contribution in [0.3, 0.4) is 0 Å². The highest BCUT2D eigenvalue weighted by Gasteiger charge is 2.26. The summed E-state index contributed by atoms with van der Waals surface area (Å²) in [5, 5.41) is 2.90. The van der Waals surface area contributed by atoms with Gasteiger partial charge in [0, 0.05) is 18.1 Å². The zero-order valence-electron chi connectivity index (χ0n) is 14.6. The number of furan rings is 1. The molecular weight excluding hydrogens is 380 g/mol. The summed E-state index contributed by atoms with van der Waals surface area (Å²) in [6.07, 6.45) is 1.51. The summed E-state index contributed by atoms with van der Waals surface area (Å²) in [5.74, 6) is 0.284. The van der Waals surface area contributed by atoms with Crippen molar-refractivity contribution in [2.24, 2.45) is 0 Å². The van der Waals surface area contributed by atoms with Crippen LogP contribution >= 0.6 is 11.6 Å². The summed E-state index contributed by atoms with van der Waals surface area (Å²) >= 11 is 5.96. The summed E-state index contributed by atoms with van der Waals surface area (Å²) in [6, 6.07) is 7.73. The van der Waals surface area contributed by atoms with E-state index < -0.39 is 15.9 Å². The second-order valence-electron chi connectivity index (χ2n) is 5.33. The summed E-state index contributed by atoms with van der Waals surface area (Å²) < 4.78 is 37.4. The van der Waals surface area contributed by atoms with Gasteiger partial charge in [0.2, 0.25) is 10.0 Å². The average molecular weight is 401 g/mol. The summed E-state index contributed by atoms with van der Waals surface area (Å²) in [4.78, 5) is 11.9. The highest BCUT2D eigenvalue weighted by atomic mass is 35.5. The van der Waals surface area contributed by atoms with E-state index in [0.29, 0.717) is 18.8 Å². The Labute approximate surface area is 157 Å². The number of ether oxygens (including phenoxy) is 1. The monoisotopic (exact) mass is 400 g/mol. The number of sulfonamides is 1. The van der Waals surface area contributed by atoms with Crippen LogP contribution in [0, 0.1) is 0 Å². The molecular formula is C17H21ClN2O5S. The van der Waals surface area contributed by atoms with Crippen LogP contribution in [0.1, 0.15) is 19.6 Å². The maximum absolute atomic E-state index is 12.8. The lowest BCUT2D eigenvalue weighted by atomic mass is 10.3. The number of hydrogen-bond acceptors (Lipinski definition) is 5. The first-order valence-corrected chi connectivity index (χ1v) is 9.91. The fraction of sp³-hybridized carbons (Fsp3) is 0.353. The van der Waals surface area contributed by atoms with Gasteiger partial charge in [0.05, 0.1) is 12.8 Å². The average Bonchev–Trinajstić information content (AvgIpc) is 3.13. The zero-order chi connectivity index (χ0) is 19.2. The molecule has 142 valence electrons. The van der Waals surface area contributed by atoms with Crippen molar-refractivity contribution in [3.8, 4) is 5.75 Å². The van der Waals surface area contributed by atoms with Crippen LogP contribution < -0.4 is 10.1 Å². The number of halogens is 1. The molecule has 0 aliphatic rings. The molecule has 9 heteroatoms. The smallest absolute Gasteiger partial charge is 0.258 e. The van der Waals surface area contributed by atoms with Gasteiger partial charge >= 0.3 is 0 Å². The Morgan fingerprint density at radius 1 is 1.27 bits per heavy atom. The normalized spacial score (nSPS) is 11.5. The summed E-state index contributed by atoms with van der Waals surface area (Å²) in [6.45, 7) is 4.01. The lowest BCUT2D eigenvalue weighted by molar-refractivity contribution is -0.123. The highest BCUT2D eigenvalue weighted by Crippen LogP contribution is 2.29. The third-order valence-corrected chi connectivity index (χ3v) is 5.93. The molecule has 0 radical (unpaired) electrons. The van der Waals surface area contributed by atoms with Crippen LogP contribution in [0.2, 0.25) is 5.02 Å². The van der Waals surface area contributed by atoms with Crippen LogP contribution in [0.5, 0.6) is 5.75 Å². The molecule has 1 aromatic carbocycles. The van der Waals surface area contributed by atoms with E-state index in [2.05, 4.69) is 5.32 Å². The summed E-state index contributed by atoms with van der Waals surface area (Å²) in [7, 11) is -3.77.